The Morgan fingerprint density at radius 1 is 1.71 bits per heavy atom. The van der Waals surface area contributed by atoms with E-state index in [1.54, 1.807) is 25.1 Å². The molecule has 1 aromatic rings. The van der Waals surface area contributed by atoms with Crippen LogP contribution in [0.2, 0.25) is 5.02 Å². The van der Waals surface area contributed by atoms with Gasteiger partial charge in [-0.05, 0) is 18.4 Å². The van der Waals surface area contributed by atoms with Crippen LogP contribution in [0, 0.1) is 0 Å². The molecule has 0 aliphatic heterocycles. The number of thioether (sulfide) groups is 1. The molecule has 5 nitrogen and oxygen atoms in total. The molecule has 0 aromatic carbocycles. The molecule has 0 saturated heterocycles. The molecule has 0 saturated carbocycles. The van der Waals surface area contributed by atoms with Gasteiger partial charge in [-0.1, -0.05) is 11.6 Å². The first-order chi connectivity index (χ1) is 8.24. The summed E-state index contributed by atoms with van der Waals surface area (Å²) in [5.74, 6) is 6.60. The summed E-state index contributed by atoms with van der Waals surface area (Å²) in [4.78, 5) is 0. The van der Waals surface area contributed by atoms with Gasteiger partial charge in [0.2, 0.25) is 0 Å². The van der Waals surface area contributed by atoms with E-state index in [2.05, 4.69) is 16.8 Å². The molecule has 3 N–H and O–H groups in total. The van der Waals surface area contributed by atoms with E-state index in [4.69, 9.17) is 22.2 Å². The molecule has 0 aliphatic carbocycles. The quantitative estimate of drug-likeness (QED) is 0.556. The van der Waals surface area contributed by atoms with Crippen LogP contribution >= 0.6 is 23.4 Å². The number of aromatic nitrogens is 2. The highest BCUT2D eigenvalue weighted by atomic mass is 35.5. The largest absolute Gasteiger partial charge is 0.383 e. The van der Waals surface area contributed by atoms with E-state index < -0.39 is 0 Å². The lowest BCUT2D eigenvalue weighted by Crippen LogP contribution is -2.31. The highest BCUT2D eigenvalue weighted by Crippen LogP contribution is 2.25. The second-order valence-corrected chi connectivity index (χ2v) is 4.99. The third-order valence-corrected chi connectivity index (χ3v) is 3.42. The average Bonchev–Trinajstić information content (AvgIpc) is 2.70. The maximum absolute atomic E-state index is 6.15. The predicted octanol–water partition coefficient (Wildman–Crippen LogP) is 1.44. The average molecular weight is 279 g/mol. The Morgan fingerprint density at radius 3 is 3.06 bits per heavy atom. The number of ether oxygens (including phenoxy) is 1. The van der Waals surface area contributed by atoms with Crippen LogP contribution in [-0.2, 0) is 11.3 Å². The Morgan fingerprint density at radius 2 is 2.47 bits per heavy atom. The number of hydrogen-bond acceptors (Lipinski definition) is 5. The van der Waals surface area contributed by atoms with Crippen molar-refractivity contribution in [1.29, 1.82) is 0 Å². The molecule has 0 aliphatic rings. The topological polar surface area (TPSA) is 65.1 Å². The van der Waals surface area contributed by atoms with E-state index >= 15 is 0 Å². The fourth-order valence-electron chi connectivity index (χ4n) is 1.61. The van der Waals surface area contributed by atoms with E-state index in [1.165, 1.54) is 0 Å². The van der Waals surface area contributed by atoms with Crippen LogP contribution in [0.25, 0.3) is 0 Å². The molecule has 1 rings (SSSR count). The molecule has 1 aromatic heterocycles. The lowest BCUT2D eigenvalue weighted by molar-refractivity contribution is 0.181. The minimum absolute atomic E-state index is 0.0225. The summed E-state index contributed by atoms with van der Waals surface area (Å²) in [5, 5.41) is 4.88. The zero-order chi connectivity index (χ0) is 12.7. The van der Waals surface area contributed by atoms with Crippen molar-refractivity contribution >= 4 is 23.4 Å². The highest BCUT2D eigenvalue weighted by molar-refractivity contribution is 7.98. The summed E-state index contributed by atoms with van der Waals surface area (Å²) in [6, 6.07) is 0.0225. The first kappa shape index (κ1) is 14.8. The molecule has 1 atom stereocenters. The predicted molar refractivity (Wildman–Crippen MR) is 72.2 cm³/mol. The van der Waals surface area contributed by atoms with Crippen molar-refractivity contribution in [3.63, 3.8) is 0 Å². The second kappa shape index (κ2) is 7.94. The summed E-state index contributed by atoms with van der Waals surface area (Å²) in [6.07, 6.45) is 4.63. The molecular weight excluding hydrogens is 260 g/mol. The van der Waals surface area contributed by atoms with Gasteiger partial charge in [0, 0.05) is 7.11 Å². The van der Waals surface area contributed by atoms with E-state index in [0.717, 1.165) is 17.9 Å². The molecule has 98 valence electrons. The van der Waals surface area contributed by atoms with Crippen molar-refractivity contribution in [2.75, 3.05) is 25.7 Å². The summed E-state index contributed by atoms with van der Waals surface area (Å²) < 4.78 is 6.89. The number of methoxy groups -OCH3 is 1. The number of rotatable bonds is 8. The third kappa shape index (κ3) is 4.15. The number of nitrogens with two attached hydrogens (primary N) is 1. The Bertz CT molecular complexity index is 334. The van der Waals surface area contributed by atoms with Crippen LogP contribution in [0.5, 0.6) is 0 Å². The second-order valence-electron chi connectivity index (χ2n) is 3.59. The fourth-order valence-corrected chi connectivity index (χ4v) is 2.35. The Labute approximate surface area is 111 Å². The fraction of sp³-hybridized carbons (Fsp3) is 0.700. The van der Waals surface area contributed by atoms with Crippen molar-refractivity contribution in [2.45, 2.75) is 19.0 Å². The van der Waals surface area contributed by atoms with Gasteiger partial charge in [-0.2, -0.15) is 16.9 Å². The van der Waals surface area contributed by atoms with Crippen LogP contribution in [0.4, 0.5) is 0 Å². The van der Waals surface area contributed by atoms with E-state index in [0.29, 0.717) is 18.2 Å². The number of hydrazine groups is 1. The molecule has 1 unspecified atom stereocenters. The van der Waals surface area contributed by atoms with Crippen LogP contribution in [0.1, 0.15) is 18.2 Å². The number of nitrogens with zero attached hydrogens (tertiary/aromatic N) is 2. The first-order valence-electron chi connectivity index (χ1n) is 5.39. The van der Waals surface area contributed by atoms with Gasteiger partial charge in [0.25, 0.3) is 0 Å². The number of hydrogen-bond donors (Lipinski definition) is 2. The minimum Gasteiger partial charge on any atom is -0.383 e. The normalized spacial score (nSPS) is 12.9. The zero-order valence-electron chi connectivity index (χ0n) is 10.1. The summed E-state index contributed by atoms with van der Waals surface area (Å²) in [6.45, 7) is 1.28. The molecule has 0 fully saturated rings. The third-order valence-electron chi connectivity index (χ3n) is 2.48. The first-order valence-corrected chi connectivity index (χ1v) is 7.17. The molecule has 1 heterocycles. The molecular formula is C10H19ClN4OS. The Balaban J connectivity index is 2.80. The maximum atomic E-state index is 6.15. The summed E-state index contributed by atoms with van der Waals surface area (Å²) >= 11 is 7.93. The molecule has 0 bridgehead atoms. The smallest absolute Gasteiger partial charge is 0.0834 e. The minimum atomic E-state index is 0.0225. The van der Waals surface area contributed by atoms with E-state index in [9.17, 15) is 0 Å². The van der Waals surface area contributed by atoms with Gasteiger partial charge in [-0.3, -0.25) is 16.0 Å². The van der Waals surface area contributed by atoms with Crippen LogP contribution in [0.3, 0.4) is 0 Å². The van der Waals surface area contributed by atoms with Crippen LogP contribution < -0.4 is 11.3 Å². The van der Waals surface area contributed by atoms with E-state index in [-0.39, 0.29) is 6.04 Å². The van der Waals surface area contributed by atoms with Gasteiger partial charge in [0.1, 0.15) is 0 Å². The lowest BCUT2D eigenvalue weighted by Gasteiger charge is -2.17. The zero-order valence-corrected chi connectivity index (χ0v) is 11.7. The van der Waals surface area contributed by atoms with Crippen molar-refractivity contribution in [3.8, 4) is 0 Å². The number of halogens is 1. The SMILES string of the molecule is COCCn1ncc(Cl)c1C(CCSC)NN. The van der Waals surface area contributed by atoms with Gasteiger partial charge >= 0.3 is 0 Å². The molecule has 0 spiro atoms. The van der Waals surface area contributed by atoms with Gasteiger partial charge in [0.15, 0.2) is 0 Å². The Hall–Kier alpha value is -0.270. The van der Waals surface area contributed by atoms with Crippen LogP contribution in [-0.4, -0.2) is 35.5 Å². The lowest BCUT2D eigenvalue weighted by atomic mass is 10.1. The van der Waals surface area contributed by atoms with Gasteiger partial charge in [-0.15, -0.1) is 0 Å². The van der Waals surface area contributed by atoms with Crippen LogP contribution in [0.15, 0.2) is 6.20 Å². The Kier molecular flexibility index (Phi) is 6.91. The molecule has 0 radical (unpaired) electrons. The monoisotopic (exact) mass is 278 g/mol. The van der Waals surface area contributed by atoms with Crippen molar-refractivity contribution in [1.82, 2.24) is 15.2 Å². The molecule has 7 heteroatoms. The highest BCUT2D eigenvalue weighted by Gasteiger charge is 2.18. The van der Waals surface area contributed by atoms with Crippen molar-refractivity contribution < 1.29 is 4.74 Å². The van der Waals surface area contributed by atoms with Crippen molar-refractivity contribution in [2.24, 2.45) is 5.84 Å². The molecule has 17 heavy (non-hydrogen) atoms. The number of nitrogens with one attached hydrogen (secondary N) is 1. The summed E-state index contributed by atoms with van der Waals surface area (Å²) in [5.41, 5.74) is 3.73. The van der Waals surface area contributed by atoms with Gasteiger partial charge in [0.05, 0.1) is 36.1 Å². The molecule has 0 amide bonds. The van der Waals surface area contributed by atoms with Gasteiger partial charge in [-0.25, -0.2) is 0 Å². The van der Waals surface area contributed by atoms with Crippen molar-refractivity contribution in [3.05, 3.63) is 16.9 Å². The summed E-state index contributed by atoms with van der Waals surface area (Å²) in [7, 11) is 1.66. The van der Waals surface area contributed by atoms with E-state index in [1.807, 2.05) is 4.68 Å². The van der Waals surface area contributed by atoms with Gasteiger partial charge < -0.3 is 4.74 Å². The standard InChI is InChI=1S/C10H19ClN4OS/c1-16-5-4-15-10(8(11)7-13-15)9(14-12)3-6-17-2/h7,9,14H,3-6,12H2,1-2H3. The maximum Gasteiger partial charge on any atom is 0.0834 e.